The molecule has 0 aliphatic carbocycles. The van der Waals surface area contributed by atoms with Gasteiger partial charge in [-0.15, -0.1) is 0 Å². The van der Waals surface area contributed by atoms with E-state index < -0.39 is 12.0 Å². The predicted octanol–water partition coefficient (Wildman–Crippen LogP) is 4.37. The Balaban J connectivity index is 2.16. The van der Waals surface area contributed by atoms with Crippen LogP contribution < -0.4 is 0 Å². The number of halogens is 2. The molecule has 0 N–H and O–H groups in total. The zero-order chi connectivity index (χ0) is 18.8. The largest absolute Gasteiger partial charge is 0.458 e. The fraction of sp³-hybridized carbons (Fsp3) is 0.278. The fourth-order valence-electron chi connectivity index (χ4n) is 2.89. The highest BCUT2D eigenvalue weighted by atomic mass is 35.5. The molecule has 26 heavy (non-hydrogen) atoms. The predicted molar refractivity (Wildman–Crippen MR) is 104 cm³/mol. The van der Waals surface area contributed by atoms with Crippen molar-refractivity contribution in [2.75, 3.05) is 12.4 Å². The Hall–Kier alpha value is -1.76. The third-order valence-corrected chi connectivity index (χ3v) is 5.53. The van der Waals surface area contributed by atoms with Crippen LogP contribution in [0.2, 0.25) is 10.0 Å². The second kappa shape index (κ2) is 7.86. The number of aliphatic imine (C=N–C) groups is 1. The molecule has 2 aliphatic heterocycles. The van der Waals surface area contributed by atoms with E-state index in [0.29, 0.717) is 38.6 Å². The molecule has 1 atom stereocenters. The zero-order valence-electron chi connectivity index (χ0n) is 14.0. The number of esters is 1. The molecule has 3 rings (SSSR count). The summed E-state index contributed by atoms with van der Waals surface area (Å²) >= 11 is 13.9. The number of ether oxygens (including phenoxy) is 1. The van der Waals surface area contributed by atoms with Crippen molar-refractivity contribution >= 4 is 52.0 Å². The van der Waals surface area contributed by atoms with E-state index in [4.69, 9.17) is 27.9 Å². The van der Waals surface area contributed by atoms with Crippen LogP contribution in [0.1, 0.15) is 24.9 Å². The molecule has 2 aliphatic rings. The summed E-state index contributed by atoms with van der Waals surface area (Å²) in [6.45, 7) is 5.34. The molecule has 1 fully saturated rings. The van der Waals surface area contributed by atoms with Gasteiger partial charge in [-0.1, -0.05) is 53.7 Å². The molecule has 0 aromatic heterocycles. The smallest absolute Gasteiger partial charge is 0.338 e. The SMILES string of the molecule is C=CCOC(=O)C1=C(C)N=C2SCCC(=O)N2C1c1ccc(Cl)cc1Cl. The molecule has 5 nitrogen and oxygen atoms in total. The number of amidine groups is 1. The summed E-state index contributed by atoms with van der Waals surface area (Å²) in [6, 6.07) is 4.29. The number of amides is 1. The average Bonchev–Trinajstić information content (AvgIpc) is 2.59. The lowest BCUT2D eigenvalue weighted by Gasteiger charge is -2.39. The summed E-state index contributed by atoms with van der Waals surface area (Å²) < 4.78 is 5.23. The quantitative estimate of drug-likeness (QED) is 0.545. The van der Waals surface area contributed by atoms with E-state index in [2.05, 4.69) is 11.6 Å². The molecule has 0 spiro atoms. The van der Waals surface area contributed by atoms with Gasteiger partial charge >= 0.3 is 5.97 Å². The minimum Gasteiger partial charge on any atom is -0.458 e. The molecule has 1 aromatic carbocycles. The summed E-state index contributed by atoms with van der Waals surface area (Å²) in [4.78, 5) is 31.3. The van der Waals surface area contributed by atoms with E-state index in [1.807, 2.05) is 0 Å². The lowest BCUT2D eigenvalue weighted by atomic mass is 9.94. The topological polar surface area (TPSA) is 59.0 Å². The number of thioether (sulfide) groups is 1. The molecule has 1 saturated heterocycles. The third kappa shape index (κ3) is 3.54. The normalized spacial score (nSPS) is 19.8. The Morgan fingerprint density at radius 3 is 2.96 bits per heavy atom. The number of rotatable bonds is 4. The van der Waals surface area contributed by atoms with Crippen LogP contribution in [0.5, 0.6) is 0 Å². The van der Waals surface area contributed by atoms with Gasteiger partial charge in [0.1, 0.15) is 6.61 Å². The minimum atomic E-state index is -0.704. The maximum absolute atomic E-state index is 12.7. The summed E-state index contributed by atoms with van der Waals surface area (Å²) in [7, 11) is 0. The van der Waals surface area contributed by atoms with Crippen LogP contribution in [0.4, 0.5) is 0 Å². The molecule has 2 heterocycles. The zero-order valence-corrected chi connectivity index (χ0v) is 16.3. The number of hydrogen-bond acceptors (Lipinski definition) is 5. The first-order valence-electron chi connectivity index (χ1n) is 7.91. The van der Waals surface area contributed by atoms with Gasteiger partial charge in [0.2, 0.25) is 5.91 Å². The van der Waals surface area contributed by atoms with Gasteiger partial charge in [-0.2, -0.15) is 0 Å². The van der Waals surface area contributed by atoms with E-state index in [1.54, 1.807) is 25.1 Å². The fourth-order valence-corrected chi connectivity index (χ4v) is 4.41. The Labute approximate surface area is 165 Å². The van der Waals surface area contributed by atoms with Gasteiger partial charge in [-0.05, 0) is 24.6 Å². The summed E-state index contributed by atoms with van der Waals surface area (Å²) in [5.41, 5.74) is 1.39. The lowest BCUT2D eigenvalue weighted by molar-refractivity contribution is -0.139. The van der Waals surface area contributed by atoms with E-state index in [9.17, 15) is 9.59 Å². The summed E-state index contributed by atoms with van der Waals surface area (Å²) in [5, 5.41) is 1.41. The standard InChI is InChI=1S/C18H16Cl2N2O3S/c1-3-7-25-17(24)15-10(2)21-18-22(14(23)6-8-26-18)16(15)12-5-4-11(19)9-13(12)20/h3-5,9,16H,1,6-8H2,2H3. The highest BCUT2D eigenvalue weighted by Crippen LogP contribution is 2.42. The van der Waals surface area contributed by atoms with Crippen molar-refractivity contribution in [2.24, 2.45) is 4.99 Å². The van der Waals surface area contributed by atoms with Crippen LogP contribution in [0.3, 0.4) is 0 Å². The maximum Gasteiger partial charge on any atom is 0.338 e. The van der Waals surface area contributed by atoms with Gasteiger partial charge in [-0.3, -0.25) is 9.69 Å². The molecule has 0 bridgehead atoms. The van der Waals surface area contributed by atoms with Crippen molar-refractivity contribution in [2.45, 2.75) is 19.4 Å². The molecule has 1 unspecified atom stereocenters. The van der Waals surface area contributed by atoms with Gasteiger partial charge in [0.15, 0.2) is 5.17 Å². The van der Waals surface area contributed by atoms with Crippen molar-refractivity contribution in [3.63, 3.8) is 0 Å². The Kier molecular flexibility index (Phi) is 5.75. The van der Waals surface area contributed by atoms with Gasteiger partial charge in [-0.25, -0.2) is 9.79 Å². The van der Waals surface area contributed by atoms with E-state index in [0.717, 1.165) is 0 Å². The van der Waals surface area contributed by atoms with E-state index in [-0.39, 0.29) is 18.1 Å². The van der Waals surface area contributed by atoms with Crippen molar-refractivity contribution in [1.82, 2.24) is 4.90 Å². The first-order valence-corrected chi connectivity index (χ1v) is 9.65. The first kappa shape index (κ1) is 19.0. The summed E-state index contributed by atoms with van der Waals surface area (Å²) in [6.07, 6.45) is 1.84. The molecule has 136 valence electrons. The number of carbonyl (C=O) groups excluding carboxylic acids is 2. The van der Waals surface area contributed by atoms with E-state index in [1.165, 1.54) is 22.7 Å². The van der Waals surface area contributed by atoms with Gasteiger partial charge in [0.05, 0.1) is 17.3 Å². The number of benzene rings is 1. The molecule has 0 saturated carbocycles. The lowest BCUT2D eigenvalue weighted by Crippen LogP contribution is -2.46. The van der Waals surface area contributed by atoms with Crippen molar-refractivity contribution < 1.29 is 14.3 Å². The average molecular weight is 411 g/mol. The second-order valence-corrected chi connectivity index (χ2v) is 7.62. The van der Waals surface area contributed by atoms with Crippen molar-refractivity contribution in [1.29, 1.82) is 0 Å². The maximum atomic E-state index is 12.7. The Morgan fingerprint density at radius 2 is 2.27 bits per heavy atom. The highest BCUT2D eigenvalue weighted by Gasteiger charge is 2.42. The number of allylic oxidation sites excluding steroid dienone is 1. The molecule has 1 amide bonds. The molecular weight excluding hydrogens is 395 g/mol. The third-order valence-electron chi connectivity index (χ3n) is 4.02. The minimum absolute atomic E-state index is 0.0654. The van der Waals surface area contributed by atoms with Crippen LogP contribution in [0, 0.1) is 0 Å². The van der Waals surface area contributed by atoms with Gasteiger partial charge in [0.25, 0.3) is 0 Å². The van der Waals surface area contributed by atoms with E-state index >= 15 is 0 Å². The van der Waals surface area contributed by atoms with Gasteiger partial charge < -0.3 is 4.74 Å². The Bertz CT molecular complexity index is 851. The van der Waals surface area contributed by atoms with Crippen LogP contribution in [0.15, 0.2) is 47.1 Å². The highest BCUT2D eigenvalue weighted by molar-refractivity contribution is 8.14. The number of hydrogen-bond donors (Lipinski definition) is 0. The molecular formula is C18H16Cl2N2O3S. The van der Waals surface area contributed by atoms with Crippen LogP contribution >= 0.6 is 35.0 Å². The van der Waals surface area contributed by atoms with Gasteiger partial charge in [0, 0.05) is 22.2 Å². The number of fused-ring (bicyclic) bond motifs is 1. The monoisotopic (exact) mass is 410 g/mol. The van der Waals surface area contributed by atoms with Crippen LogP contribution in [0.25, 0.3) is 0 Å². The second-order valence-electron chi connectivity index (χ2n) is 5.71. The summed E-state index contributed by atoms with van der Waals surface area (Å²) in [5.74, 6) is -0.0108. The van der Waals surface area contributed by atoms with Crippen molar-refractivity contribution in [3.8, 4) is 0 Å². The van der Waals surface area contributed by atoms with Crippen LogP contribution in [-0.4, -0.2) is 34.3 Å². The molecule has 1 aromatic rings. The first-order chi connectivity index (χ1) is 12.4. The molecule has 0 radical (unpaired) electrons. The molecule has 8 heteroatoms. The van der Waals surface area contributed by atoms with Crippen LogP contribution in [-0.2, 0) is 14.3 Å². The number of nitrogens with zero attached hydrogens (tertiary/aromatic N) is 2. The Morgan fingerprint density at radius 1 is 1.50 bits per heavy atom. The van der Waals surface area contributed by atoms with Crippen molar-refractivity contribution in [3.05, 3.63) is 57.7 Å². The number of carbonyl (C=O) groups is 2.